The minimum atomic E-state index is -0.993. The Bertz CT molecular complexity index is 1220. The van der Waals surface area contributed by atoms with Gasteiger partial charge >= 0.3 is 0 Å². The molecule has 2 aromatic carbocycles. The molecule has 0 bridgehead atoms. The summed E-state index contributed by atoms with van der Waals surface area (Å²) in [4.78, 5) is 57.4. The summed E-state index contributed by atoms with van der Waals surface area (Å²) < 4.78 is 0. The van der Waals surface area contributed by atoms with E-state index in [1.165, 1.54) is 0 Å². The lowest BCUT2D eigenvalue weighted by atomic mass is 10.0. The number of benzene rings is 2. The molecule has 10 N–H and O–H groups in total. The second-order valence-corrected chi connectivity index (χ2v) is 11.0. The van der Waals surface area contributed by atoms with Gasteiger partial charge in [0.1, 0.15) is 12.1 Å². The van der Waals surface area contributed by atoms with Gasteiger partial charge in [-0.2, -0.15) is 0 Å². The largest absolute Gasteiger partial charge is 0.370 e. The number of aliphatic imine (C=N–C) groups is 1. The van der Waals surface area contributed by atoms with Crippen LogP contribution in [0.5, 0.6) is 0 Å². The van der Waals surface area contributed by atoms with E-state index in [-0.39, 0.29) is 43.5 Å². The van der Waals surface area contributed by atoms with E-state index < -0.39 is 36.0 Å². The third kappa shape index (κ3) is 13.9. The van der Waals surface area contributed by atoms with Crippen LogP contribution in [0.2, 0.25) is 0 Å². The van der Waals surface area contributed by atoms with Crippen molar-refractivity contribution in [2.45, 2.75) is 82.5 Å². The summed E-state index contributed by atoms with van der Waals surface area (Å²) in [6, 6.07) is 15.6. The summed E-state index contributed by atoms with van der Waals surface area (Å²) in [6.07, 6.45) is 3.35. The molecule has 12 heteroatoms. The first kappa shape index (κ1) is 36.9. The summed E-state index contributed by atoms with van der Waals surface area (Å²) in [5, 5.41) is 11.6. The van der Waals surface area contributed by atoms with E-state index in [1.54, 1.807) is 14.0 Å². The SMILES string of the molecule is CCC(=O)C(CCCCN)NC(=O)C(CCCN=C(N)N)NC(=O)C(Cc1ccccc1)NC(=O)C(Cc1ccccc1)NC. The van der Waals surface area contributed by atoms with Crippen LogP contribution in [-0.2, 0) is 32.0 Å². The number of likely N-dealkylation sites (N-methyl/N-ethyl adjacent to an activating group) is 1. The van der Waals surface area contributed by atoms with E-state index in [1.807, 2.05) is 60.7 Å². The van der Waals surface area contributed by atoms with E-state index >= 15 is 0 Å². The van der Waals surface area contributed by atoms with Gasteiger partial charge in [-0.25, -0.2) is 0 Å². The van der Waals surface area contributed by atoms with Gasteiger partial charge in [0.05, 0.1) is 12.1 Å². The molecule has 2 aromatic rings. The molecule has 0 saturated carbocycles. The molecule has 0 spiro atoms. The molecule has 45 heavy (non-hydrogen) atoms. The molecule has 246 valence electrons. The maximum atomic E-state index is 13.8. The number of unbranched alkanes of at least 4 members (excludes halogenated alkanes) is 1. The molecule has 0 aliphatic rings. The molecule has 0 aliphatic heterocycles. The highest BCUT2D eigenvalue weighted by molar-refractivity contribution is 5.95. The van der Waals surface area contributed by atoms with Crippen molar-refractivity contribution in [1.29, 1.82) is 0 Å². The number of nitrogens with zero attached hydrogens (tertiary/aromatic N) is 1. The van der Waals surface area contributed by atoms with E-state index in [9.17, 15) is 19.2 Å². The zero-order valence-electron chi connectivity index (χ0n) is 26.5. The molecule has 4 atom stereocenters. The van der Waals surface area contributed by atoms with Gasteiger partial charge in [0.2, 0.25) is 17.7 Å². The predicted octanol–water partition coefficient (Wildman–Crippen LogP) is 0.676. The molecule has 0 heterocycles. The Morgan fingerprint density at radius 1 is 0.689 bits per heavy atom. The van der Waals surface area contributed by atoms with Crippen molar-refractivity contribution in [3.63, 3.8) is 0 Å². The van der Waals surface area contributed by atoms with Gasteiger partial charge in [0, 0.05) is 19.4 Å². The summed E-state index contributed by atoms with van der Waals surface area (Å²) in [5.41, 5.74) is 18.3. The van der Waals surface area contributed by atoms with Crippen molar-refractivity contribution >= 4 is 29.5 Å². The monoisotopic (exact) mass is 622 g/mol. The standard InChI is InChI=1S/C33H50N8O4/c1-3-29(42)25(17-10-11-19-34)39-30(43)26(18-12-20-38-33(35)36)40-32(45)28(22-24-15-8-5-9-16-24)41-31(44)27(37-2)21-23-13-6-4-7-14-23/h4-9,13-16,25-28,37H,3,10-12,17-22,34H2,1-2H3,(H,39,43)(H,40,45)(H,41,44)(H4,35,36,38). The highest BCUT2D eigenvalue weighted by Gasteiger charge is 2.30. The molecule has 0 fully saturated rings. The third-order valence-electron chi connectivity index (χ3n) is 7.44. The van der Waals surface area contributed by atoms with Crippen LogP contribution < -0.4 is 38.5 Å². The number of nitrogens with two attached hydrogens (primary N) is 3. The molecule has 4 unspecified atom stereocenters. The average molecular weight is 623 g/mol. The van der Waals surface area contributed by atoms with Gasteiger partial charge in [0.15, 0.2) is 11.7 Å². The first-order valence-corrected chi connectivity index (χ1v) is 15.6. The smallest absolute Gasteiger partial charge is 0.243 e. The predicted molar refractivity (Wildman–Crippen MR) is 177 cm³/mol. The summed E-state index contributed by atoms with van der Waals surface area (Å²) in [5.74, 6) is -1.54. The number of Topliss-reactive ketones (excluding diaryl/α,β-unsaturated/α-hetero) is 1. The minimum Gasteiger partial charge on any atom is -0.370 e. The van der Waals surface area contributed by atoms with Crippen LogP contribution in [0, 0.1) is 0 Å². The van der Waals surface area contributed by atoms with E-state index in [4.69, 9.17) is 17.2 Å². The van der Waals surface area contributed by atoms with Crippen molar-refractivity contribution in [3.8, 4) is 0 Å². The van der Waals surface area contributed by atoms with Crippen molar-refractivity contribution in [2.24, 2.45) is 22.2 Å². The number of ketones is 1. The maximum absolute atomic E-state index is 13.8. The fraction of sp³-hybridized carbons (Fsp3) is 0.485. The Morgan fingerprint density at radius 3 is 1.71 bits per heavy atom. The Labute approximate surface area is 266 Å². The van der Waals surface area contributed by atoms with Crippen LogP contribution in [0.15, 0.2) is 65.7 Å². The fourth-order valence-corrected chi connectivity index (χ4v) is 4.88. The van der Waals surface area contributed by atoms with Gasteiger partial charge < -0.3 is 38.5 Å². The zero-order valence-corrected chi connectivity index (χ0v) is 26.5. The zero-order chi connectivity index (χ0) is 33.0. The van der Waals surface area contributed by atoms with E-state index in [0.717, 1.165) is 17.5 Å². The molecule has 0 saturated heterocycles. The Balaban J connectivity index is 2.27. The number of hydrogen-bond acceptors (Lipinski definition) is 7. The number of carbonyl (C=O) groups excluding carboxylic acids is 4. The molecule has 12 nitrogen and oxygen atoms in total. The van der Waals surface area contributed by atoms with Gasteiger partial charge in [-0.15, -0.1) is 0 Å². The Kier molecular flexibility index (Phi) is 16.9. The van der Waals surface area contributed by atoms with Gasteiger partial charge in [-0.3, -0.25) is 24.2 Å². The van der Waals surface area contributed by atoms with Gasteiger partial charge in [-0.1, -0.05) is 67.6 Å². The topological polar surface area (TPSA) is 207 Å². The van der Waals surface area contributed by atoms with E-state index in [0.29, 0.717) is 32.2 Å². The minimum absolute atomic E-state index is 0.0752. The van der Waals surface area contributed by atoms with Crippen LogP contribution in [0.4, 0.5) is 0 Å². The Hall–Kier alpha value is -4.29. The third-order valence-corrected chi connectivity index (χ3v) is 7.44. The van der Waals surface area contributed by atoms with Crippen molar-refractivity contribution < 1.29 is 19.2 Å². The number of hydrogen-bond donors (Lipinski definition) is 7. The quantitative estimate of drug-likeness (QED) is 0.0597. The van der Waals surface area contributed by atoms with Crippen LogP contribution in [0.25, 0.3) is 0 Å². The van der Waals surface area contributed by atoms with Crippen molar-refractivity contribution in [1.82, 2.24) is 21.3 Å². The van der Waals surface area contributed by atoms with Crippen LogP contribution >= 0.6 is 0 Å². The molecule has 2 rings (SSSR count). The lowest BCUT2D eigenvalue weighted by molar-refractivity contribution is -0.133. The van der Waals surface area contributed by atoms with Crippen LogP contribution in [0.3, 0.4) is 0 Å². The molecule has 0 aliphatic carbocycles. The van der Waals surface area contributed by atoms with E-state index in [2.05, 4.69) is 26.3 Å². The number of nitrogens with one attached hydrogen (secondary N) is 4. The highest BCUT2D eigenvalue weighted by atomic mass is 16.2. The lowest BCUT2D eigenvalue weighted by Gasteiger charge is -2.26. The maximum Gasteiger partial charge on any atom is 0.243 e. The normalized spacial score (nSPS) is 13.5. The van der Waals surface area contributed by atoms with Crippen LogP contribution in [0.1, 0.15) is 56.6 Å². The summed E-state index contributed by atoms with van der Waals surface area (Å²) in [6.45, 7) is 2.48. The van der Waals surface area contributed by atoms with Gasteiger partial charge in [0.25, 0.3) is 0 Å². The first-order chi connectivity index (χ1) is 21.7. The molecular weight excluding hydrogens is 572 g/mol. The summed E-state index contributed by atoms with van der Waals surface area (Å²) in [7, 11) is 1.69. The van der Waals surface area contributed by atoms with Crippen molar-refractivity contribution in [2.75, 3.05) is 20.1 Å². The highest BCUT2D eigenvalue weighted by Crippen LogP contribution is 2.10. The number of carbonyl (C=O) groups is 4. The number of rotatable bonds is 21. The number of amides is 3. The molecular formula is C33H50N8O4. The average Bonchev–Trinajstić information content (AvgIpc) is 3.04. The Morgan fingerprint density at radius 2 is 1.18 bits per heavy atom. The first-order valence-electron chi connectivity index (χ1n) is 15.6. The summed E-state index contributed by atoms with van der Waals surface area (Å²) >= 11 is 0. The fourth-order valence-electron chi connectivity index (χ4n) is 4.88. The lowest BCUT2D eigenvalue weighted by Crippen LogP contribution is -2.58. The van der Waals surface area contributed by atoms with Crippen molar-refractivity contribution in [3.05, 3.63) is 71.8 Å². The second-order valence-electron chi connectivity index (χ2n) is 11.0. The molecule has 0 aromatic heterocycles. The number of guanidine groups is 1. The molecule has 0 radical (unpaired) electrons. The molecule has 3 amide bonds. The second kappa shape index (κ2) is 20.6. The van der Waals surface area contributed by atoms with Crippen LogP contribution in [-0.4, -0.2) is 73.8 Å². The van der Waals surface area contributed by atoms with Gasteiger partial charge in [-0.05, 0) is 63.2 Å².